The van der Waals surface area contributed by atoms with Crippen molar-refractivity contribution < 1.29 is 14.6 Å². The summed E-state index contributed by atoms with van der Waals surface area (Å²) in [5, 5.41) is 9.11. The lowest BCUT2D eigenvalue weighted by Crippen LogP contribution is -2.42. The number of aromatic nitrogens is 2. The van der Waals surface area contributed by atoms with Gasteiger partial charge in [0.15, 0.2) is 0 Å². The average molecular weight is 374 g/mol. The second-order valence-electron chi connectivity index (χ2n) is 7.28. The Labute approximate surface area is 160 Å². The predicted molar refractivity (Wildman–Crippen MR) is 104 cm³/mol. The molecule has 1 aliphatic heterocycles. The van der Waals surface area contributed by atoms with Crippen LogP contribution in [-0.4, -0.2) is 64.9 Å². The van der Waals surface area contributed by atoms with E-state index in [2.05, 4.69) is 10.6 Å². The summed E-state index contributed by atoms with van der Waals surface area (Å²) in [6, 6.07) is 7.69. The summed E-state index contributed by atoms with van der Waals surface area (Å²) < 4.78 is 7.50. The fourth-order valence-corrected chi connectivity index (χ4v) is 3.84. The standard InChI is InChI=1S/C20H30N4O3/c1-27-11-5-10-24-18-8-3-2-7-17(18)22-20(24)15-6-4-9-23(13-15)19(26)12-16(21)14-25/h2-3,7-8,15-16,25H,4-6,9-14,21H2,1H3/t15-,16+/m1/s1. The lowest BCUT2D eigenvalue weighted by atomic mass is 9.96. The predicted octanol–water partition coefficient (Wildman–Crippen LogP) is 1.49. The molecule has 0 bridgehead atoms. The van der Waals surface area contributed by atoms with Crippen molar-refractivity contribution in [1.82, 2.24) is 14.5 Å². The molecule has 0 spiro atoms. The maximum Gasteiger partial charge on any atom is 0.224 e. The van der Waals surface area contributed by atoms with Crippen LogP contribution >= 0.6 is 0 Å². The Morgan fingerprint density at radius 3 is 3.04 bits per heavy atom. The number of ether oxygens (including phenoxy) is 1. The number of fused-ring (bicyclic) bond motifs is 1. The number of aliphatic hydroxyl groups excluding tert-OH is 1. The van der Waals surface area contributed by atoms with Crippen molar-refractivity contribution in [3.8, 4) is 0 Å². The van der Waals surface area contributed by atoms with Gasteiger partial charge in [-0.3, -0.25) is 4.79 Å². The summed E-state index contributed by atoms with van der Waals surface area (Å²) in [4.78, 5) is 19.3. The summed E-state index contributed by atoms with van der Waals surface area (Å²) in [7, 11) is 1.72. The van der Waals surface area contributed by atoms with Crippen LogP contribution in [0, 0.1) is 0 Å². The van der Waals surface area contributed by atoms with Gasteiger partial charge in [-0.1, -0.05) is 12.1 Å². The number of aryl methyl sites for hydroxylation is 1. The number of aliphatic hydroxyl groups is 1. The number of hydrogen-bond donors (Lipinski definition) is 2. The van der Waals surface area contributed by atoms with Crippen molar-refractivity contribution in [2.24, 2.45) is 5.73 Å². The zero-order chi connectivity index (χ0) is 19.2. The van der Waals surface area contributed by atoms with Gasteiger partial charge in [-0.15, -0.1) is 0 Å². The number of rotatable bonds is 8. The van der Waals surface area contributed by atoms with Gasteiger partial charge in [0.1, 0.15) is 5.82 Å². The van der Waals surface area contributed by atoms with E-state index in [1.54, 1.807) is 7.11 Å². The second-order valence-corrected chi connectivity index (χ2v) is 7.28. The molecule has 1 amide bonds. The maximum atomic E-state index is 12.5. The van der Waals surface area contributed by atoms with Crippen LogP contribution in [0.1, 0.15) is 37.4 Å². The van der Waals surface area contributed by atoms with E-state index in [4.69, 9.17) is 20.6 Å². The first-order chi connectivity index (χ1) is 13.1. The normalized spacial score (nSPS) is 18.8. The number of nitrogens with two attached hydrogens (primary N) is 1. The van der Waals surface area contributed by atoms with Crippen molar-refractivity contribution in [3.05, 3.63) is 30.1 Å². The molecule has 7 heteroatoms. The molecule has 1 aromatic heterocycles. The molecule has 3 rings (SSSR count). The number of carbonyl (C=O) groups excluding carboxylic acids is 1. The number of likely N-dealkylation sites (tertiary alicyclic amines) is 1. The van der Waals surface area contributed by atoms with Crippen molar-refractivity contribution in [3.63, 3.8) is 0 Å². The van der Waals surface area contributed by atoms with Crippen molar-refractivity contribution in [2.75, 3.05) is 33.4 Å². The smallest absolute Gasteiger partial charge is 0.224 e. The van der Waals surface area contributed by atoms with E-state index in [-0.39, 0.29) is 24.9 Å². The van der Waals surface area contributed by atoms with E-state index in [1.807, 2.05) is 23.1 Å². The van der Waals surface area contributed by atoms with Gasteiger partial charge in [0.05, 0.1) is 17.6 Å². The summed E-state index contributed by atoms with van der Waals surface area (Å²) in [6.07, 6.45) is 3.08. The van der Waals surface area contributed by atoms with E-state index in [1.165, 1.54) is 0 Å². The summed E-state index contributed by atoms with van der Waals surface area (Å²) in [5.41, 5.74) is 7.87. The molecular formula is C20H30N4O3. The second kappa shape index (κ2) is 9.30. The minimum atomic E-state index is -0.489. The lowest BCUT2D eigenvalue weighted by molar-refractivity contribution is -0.133. The van der Waals surface area contributed by atoms with Crippen LogP contribution < -0.4 is 5.73 Å². The molecule has 1 fully saturated rings. The molecule has 27 heavy (non-hydrogen) atoms. The molecular weight excluding hydrogens is 344 g/mol. The molecule has 7 nitrogen and oxygen atoms in total. The Kier molecular flexibility index (Phi) is 6.82. The lowest BCUT2D eigenvalue weighted by Gasteiger charge is -2.33. The van der Waals surface area contributed by atoms with Gasteiger partial charge in [0, 0.05) is 51.7 Å². The molecule has 2 atom stereocenters. The number of piperidine rings is 1. The maximum absolute atomic E-state index is 12.5. The number of benzene rings is 1. The minimum absolute atomic E-state index is 0.0169. The van der Waals surface area contributed by atoms with Gasteiger partial charge in [-0.2, -0.15) is 0 Å². The molecule has 0 unspecified atom stereocenters. The summed E-state index contributed by atoms with van der Waals surface area (Å²) in [6.45, 7) is 2.80. The van der Waals surface area contributed by atoms with Gasteiger partial charge in [-0.25, -0.2) is 4.98 Å². The summed E-state index contributed by atoms with van der Waals surface area (Å²) in [5.74, 6) is 1.28. The van der Waals surface area contributed by atoms with Gasteiger partial charge in [0.25, 0.3) is 0 Å². The first-order valence-corrected chi connectivity index (χ1v) is 9.72. The fraction of sp³-hybridized carbons (Fsp3) is 0.600. The number of nitrogens with zero attached hydrogens (tertiary/aromatic N) is 3. The molecule has 0 saturated carbocycles. The number of imidazole rings is 1. The first-order valence-electron chi connectivity index (χ1n) is 9.72. The Balaban J connectivity index is 1.81. The third-order valence-electron chi connectivity index (χ3n) is 5.22. The highest BCUT2D eigenvalue weighted by atomic mass is 16.5. The molecule has 1 aliphatic rings. The van der Waals surface area contributed by atoms with Crippen LogP contribution in [0.25, 0.3) is 11.0 Å². The van der Waals surface area contributed by atoms with Gasteiger partial charge in [-0.05, 0) is 31.4 Å². The Hall–Kier alpha value is -1.96. The topological polar surface area (TPSA) is 93.6 Å². The molecule has 1 saturated heterocycles. The minimum Gasteiger partial charge on any atom is -0.395 e. The molecule has 2 aromatic rings. The van der Waals surface area contributed by atoms with Crippen LogP contribution in [-0.2, 0) is 16.1 Å². The van der Waals surface area contributed by atoms with E-state index in [9.17, 15) is 4.79 Å². The Morgan fingerprint density at radius 2 is 2.26 bits per heavy atom. The highest BCUT2D eigenvalue weighted by Crippen LogP contribution is 2.30. The van der Waals surface area contributed by atoms with Gasteiger partial charge < -0.3 is 25.0 Å². The number of para-hydroxylation sites is 2. The molecule has 148 valence electrons. The van der Waals surface area contributed by atoms with Crippen molar-refractivity contribution >= 4 is 16.9 Å². The molecule has 1 aromatic carbocycles. The van der Waals surface area contributed by atoms with Crippen LogP contribution in [0.15, 0.2) is 24.3 Å². The van der Waals surface area contributed by atoms with E-state index >= 15 is 0 Å². The molecule has 0 radical (unpaired) electrons. The molecule has 3 N–H and O–H groups in total. The van der Waals surface area contributed by atoms with Gasteiger partial charge in [0.2, 0.25) is 5.91 Å². The van der Waals surface area contributed by atoms with E-state index in [0.717, 1.165) is 49.2 Å². The van der Waals surface area contributed by atoms with Crippen LogP contribution in [0.3, 0.4) is 0 Å². The third-order valence-corrected chi connectivity index (χ3v) is 5.22. The highest BCUT2D eigenvalue weighted by Gasteiger charge is 2.29. The van der Waals surface area contributed by atoms with Crippen molar-refractivity contribution in [1.29, 1.82) is 0 Å². The third kappa shape index (κ3) is 4.66. The number of carbonyl (C=O) groups is 1. The monoisotopic (exact) mass is 374 g/mol. The average Bonchev–Trinajstić information content (AvgIpc) is 3.07. The van der Waals surface area contributed by atoms with Crippen LogP contribution in [0.4, 0.5) is 0 Å². The molecule has 0 aliphatic carbocycles. The zero-order valence-electron chi connectivity index (χ0n) is 16.0. The van der Waals surface area contributed by atoms with E-state index < -0.39 is 6.04 Å². The van der Waals surface area contributed by atoms with E-state index in [0.29, 0.717) is 13.2 Å². The fourth-order valence-electron chi connectivity index (χ4n) is 3.84. The first kappa shape index (κ1) is 19.8. The van der Waals surface area contributed by atoms with Crippen LogP contribution in [0.2, 0.25) is 0 Å². The highest BCUT2D eigenvalue weighted by molar-refractivity contribution is 5.77. The largest absolute Gasteiger partial charge is 0.395 e. The number of amides is 1. The number of hydrogen-bond acceptors (Lipinski definition) is 5. The Morgan fingerprint density at radius 1 is 1.44 bits per heavy atom. The zero-order valence-corrected chi connectivity index (χ0v) is 16.0. The van der Waals surface area contributed by atoms with Crippen molar-refractivity contribution in [2.45, 2.75) is 44.2 Å². The molecule has 2 heterocycles. The quantitative estimate of drug-likeness (QED) is 0.683. The number of methoxy groups -OCH3 is 1. The summed E-state index contributed by atoms with van der Waals surface area (Å²) >= 11 is 0. The SMILES string of the molecule is COCCCn1c([C@@H]2CCCN(C(=O)C[C@H](N)CO)C2)nc2ccccc21. The Bertz CT molecular complexity index is 761. The van der Waals surface area contributed by atoms with Crippen LogP contribution in [0.5, 0.6) is 0 Å². The van der Waals surface area contributed by atoms with Gasteiger partial charge >= 0.3 is 0 Å².